The van der Waals surface area contributed by atoms with Gasteiger partial charge in [-0.05, 0) is 42.5 Å². The number of anilines is 1. The van der Waals surface area contributed by atoms with Crippen molar-refractivity contribution in [2.45, 2.75) is 4.90 Å². The van der Waals surface area contributed by atoms with Gasteiger partial charge in [0, 0.05) is 17.1 Å². The van der Waals surface area contributed by atoms with Crippen LogP contribution in [0.1, 0.15) is 10.4 Å². The molecule has 0 atom stereocenters. The van der Waals surface area contributed by atoms with Crippen LogP contribution in [0.25, 0.3) is 10.9 Å². The van der Waals surface area contributed by atoms with Gasteiger partial charge >= 0.3 is 0 Å². The lowest BCUT2D eigenvalue weighted by atomic mass is 10.1. The third kappa shape index (κ3) is 3.46. The number of amides is 1. The summed E-state index contributed by atoms with van der Waals surface area (Å²) in [4.78, 5) is 15.8. The van der Waals surface area contributed by atoms with Gasteiger partial charge in [-0.2, -0.15) is 0 Å². The number of carbonyl (C=O) groups is 1. The van der Waals surface area contributed by atoms with Gasteiger partial charge in [0.25, 0.3) is 5.91 Å². The van der Waals surface area contributed by atoms with E-state index in [0.29, 0.717) is 21.6 Å². The van der Waals surface area contributed by atoms with Crippen LogP contribution in [-0.4, -0.2) is 19.3 Å². The second-order valence-electron chi connectivity index (χ2n) is 5.14. The summed E-state index contributed by atoms with van der Waals surface area (Å²) in [5.74, 6) is -1.73. The monoisotopic (exact) mass is 379 g/mol. The third-order valence-electron chi connectivity index (χ3n) is 3.47. The Kier molecular flexibility index (Phi) is 4.42. The van der Waals surface area contributed by atoms with Crippen LogP contribution in [0.4, 0.5) is 10.1 Å². The van der Waals surface area contributed by atoms with Gasteiger partial charge in [0.2, 0.25) is 10.0 Å². The van der Waals surface area contributed by atoms with Crippen LogP contribution in [0.15, 0.2) is 53.6 Å². The Bertz CT molecular complexity index is 1100. The largest absolute Gasteiger partial charge is 0.320 e. The average Bonchev–Trinajstić information content (AvgIpc) is 2.56. The molecule has 0 bridgehead atoms. The number of pyridine rings is 1. The third-order valence-corrected chi connectivity index (χ3v) is 4.74. The van der Waals surface area contributed by atoms with Gasteiger partial charge in [-0.3, -0.25) is 9.78 Å². The number of fused-ring (bicyclic) bond motifs is 1. The summed E-state index contributed by atoms with van der Waals surface area (Å²) in [6.07, 6.45) is 1.55. The van der Waals surface area contributed by atoms with Crippen LogP contribution in [0.5, 0.6) is 0 Å². The summed E-state index contributed by atoms with van der Waals surface area (Å²) in [7, 11) is -4.20. The topological polar surface area (TPSA) is 102 Å². The van der Waals surface area contributed by atoms with Gasteiger partial charge in [-0.1, -0.05) is 11.6 Å². The summed E-state index contributed by atoms with van der Waals surface area (Å²) in [6.45, 7) is 0. The molecule has 0 aliphatic rings. The van der Waals surface area contributed by atoms with Crippen LogP contribution in [0.3, 0.4) is 0 Å². The minimum atomic E-state index is -4.20. The Morgan fingerprint density at radius 2 is 1.96 bits per heavy atom. The lowest BCUT2D eigenvalue weighted by Crippen LogP contribution is -2.16. The lowest BCUT2D eigenvalue weighted by molar-refractivity contribution is 0.102. The molecule has 9 heteroatoms. The summed E-state index contributed by atoms with van der Waals surface area (Å²) < 4.78 is 36.3. The highest BCUT2D eigenvalue weighted by Gasteiger charge is 2.17. The zero-order valence-corrected chi connectivity index (χ0v) is 14.1. The van der Waals surface area contributed by atoms with Crippen LogP contribution < -0.4 is 10.5 Å². The smallest absolute Gasteiger partial charge is 0.255 e. The Morgan fingerprint density at radius 3 is 2.64 bits per heavy atom. The Balaban J connectivity index is 1.96. The van der Waals surface area contributed by atoms with Crippen LogP contribution in [0, 0.1) is 5.82 Å². The number of sulfonamides is 1. The molecule has 0 saturated heterocycles. The van der Waals surface area contributed by atoms with E-state index in [0.717, 1.165) is 12.1 Å². The van der Waals surface area contributed by atoms with Gasteiger partial charge < -0.3 is 5.32 Å². The molecule has 1 heterocycles. The van der Waals surface area contributed by atoms with Crippen molar-refractivity contribution < 1.29 is 17.6 Å². The first-order valence-electron chi connectivity index (χ1n) is 6.94. The van der Waals surface area contributed by atoms with Gasteiger partial charge in [0.05, 0.1) is 16.2 Å². The zero-order chi connectivity index (χ0) is 18.2. The SMILES string of the molecule is NS(=O)(=O)c1ccc(C(=O)Nc2ccc(Cl)c3cccnc23)cc1F. The highest BCUT2D eigenvalue weighted by Crippen LogP contribution is 2.28. The molecular formula is C16H11ClFN3O3S. The van der Waals surface area contributed by atoms with Crippen molar-refractivity contribution in [1.82, 2.24) is 4.98 Å². The predicted octanol–water partition coefficient (Wildman–Crippen LogP) is 2.93. The van der Waals surface area contributed by atoms with E-state index < -0.39 is 26.6 Å². The maximum Gasteiger partial charge on any atom is 0.255 e. The molecule has 0 fully saturated rings. The number of nitrogens with two attached hydrogens (primary N) is 1. The van der Waals surface area contributed by atoms with Crippen molar-refractivity contribution in [1.29, 1.82) is 0 Å². The minimum absolute atomic E-state index is 0.0658. The van der Waals surface area contributed by atoms with Gasteiger partial charge in [0.15, 0.2) is 0 Å². The molecule has 0 spiro atoms. The number of nitrogens with one attached hydrogen (secondary N) is 1. The number of nitrogens with zero attached hydrogens (tertiary/aromatic N) is 1. The molecule has 25 heavy (non-hydrogen) atoms. The highest BCUT2D eigenvalue weighted by molar-refractivity contribution is 7.89. The molecule has 3 aromatic rings. The molecule has 0 aliphatic heterocycles. The van der Waals surface area contributed by atoms with Gasteiger partial charge in [-0.15, -0.1) is 0 Å². The summed E-state index contributed by atoms with van der Waals surface area (Å²) in [5, 5.41) is 8.63. The number of hydrogen-bond acceptors (Lipinski definition) is 4. The molecule has 3 N–H and O–H groups in total. The second kappa shape index (κ2) is 6.40. The number of aromatic nitrogens is 1. The zero-order valence-electron chi connectivity index (χ0n) is 12.5. The maximum absolute atomic E-state index is 13.9. The van der Waals surface area contributed by atoms with E-state index in [1.54, 1.807) is 30.5 Å². The standard InChI is InChI=1S/C16H11ClFN3O3S/c17-11-4-5-13(15-10(11)2-1-7-20-15)21-16(22)9-3-6-14(12(18)8-9)25(19,23)24/h1-8H,(H,21,22)(H2,19,23,24). The Hall–Kier alpha value is -2.55. The van der Waals surface area contributed by atoms with E-state index in [2.05, 4.69) is 10.3 Å². The fourth-order valence-electron chi connectivity index (χ4n) is 2.31. The summed E-state index contributed by atoms with van der Waals surface area (Å²) >= 11 is 6.09. The van der Waals surface area contributed by atoms with Crippen molar-refractivity contribution in [3.8, 4) is 0 Å². The van der Waals surface area contributed by atoms with E-state index in [1.807, 2.05) is 0 Å². The number of rotatable bonds is 3. The van der Waals surface area contributed by atoms with E-state index in [4.69, 9.17) is 16.7 Å². The Morgan fingerprint density at radius 1 is 1.20 bits per heavy atom. The molecule has 0 radical (unpaired) electrons. The molecule has 0 unspecified atom stereocenters. The Labute approximate surface area is 147 Å². The minimum Gasteiger partial charge on any atom is -0.320 e. The quantitative estimate of drug-likeness (QED) is 0.730. The normalized spacial score (nSPS) is 11.5. The number of hydrogen-bond donors (Lipinski definition) is 2. The van der Waals surface area contributed by atoms with E-state index in [-0.39, 0.29) is 5.56 Å². The first kappa shape index (κ1) is 17.3. The molecule has 1 amide bonds. The van der Waals surface area contributed by atoms with E-state index in [9.17, 15) is 17.6 Å². The van der Waals surface area contributed by atoms with Gasteiger partial charge in [0.1, 0.15) is 10.7 Å². The fourth-order valence-corrected chi connectivity index (χ4v) is 3.11. The molecular weight excluding hydrogens is 369 g/mol. The molecule has 1 aromatic heterocycles. The van der Waals surface area contributed by atoms with Crippen molar-refractivity contribution in [3.63, 3.8) is 0 Å². The second-order valence-corrected chi connectivity index (χ2v) is 7.08. The van der Waals surface area contributed by atoms with Crippen molar-refractivity contribution in [2.75, 3.05) is 5.32 Å². The predicted molar refractivity (Wildman–Crippen MR) is 92.5 cm³/mol. The maximum atomic E-state index is 13.9. The first-order chi connectivity index (χ1) is 11.8. The molecule has 0 saturated carbocycles. The molecule has 3 rings (SSSR count). The number of primary sulfonamides is 1. The number of halogens is 2. The van der Waals surface area contributed by atoms with Crippen LogP contribution in [-0.2, 0) is 10.0 Å². The van der Waals surface area contributed by atoms with Crippen LogP contribution >= 0.6 is 11.6 Å². The number of carbonyl (C=O) groups excluding carboxylic acids is 1. The molecule has 2 aromatic carbocycles. The van der Waals surface area contributed by atoms with E-state index in [1.165, 1.54) is 6.07 Å². The molecule has 128 valence electrons. The summed E-state index contributed by atoms with van der Waals surface area (Å²) in [6, 6.07) is 9.56. The number of benzene rings is 2. The van der Waals surface area contributed by atoms with Crippen molar-refractivity contribution in [3.05, 3.63) is 65.1 Å². The van der Waals surface area contributed by atoms with Gasteiger partial charge in [-0.25, -0.2) is 17.9 Å². The average molecular weight is 380 g/mol. The van der Waals surface area contributed by atoms with Crippen molar-refractivity contribution >= 4 is 44.1 Å². The molecule has 0 aliphatic carbocycles. The van der Waals surface area contributed by atoms with E-state index >= 15 is 0 Å². The fraction of sp³-hybridized carbons (Fsp3) is 0. The molecule has 6 nitrogen and oxygen atoms in total. The van der Waals surface area contributed by atoms with Crippen LogP contribution in [0.2, 0.25) is 5.02 Å². The summed E-state index contributed by atoms with van der Waals surface area (Å²) in [5.41, 5.74) is 0.801. The first-order valence-corrected chi connectivity index (χ1v) is 8.87. The van der Waals surface area contributed by atoms with Crippen molar-refractivity contribution in [2.24, 2.45) is 5.14 Å². The highest BCUT2D eigenvalue weighted by atomic mass is 35.5. The lowest BCUT2D eigenvalue weighted by Gasteiger charge is -2.10.